The summed E-state index contributed by atoms with van der Waals surface area (Å²) in [4.78, 5) is 26.4. The molecule has 2 aromatic carbocycles. The van der Waals surface area contributed by atoms with Gasteiger partial charge in [-0.25, -0.2) is 9.78 Å². The van der Waals surface area contributed by atoms with Crippen LogP contribution in [0.4, 0.5) is 10.7 Å². The molecule has 3 heterocycles. The third-order valence-electron chi connectivity index (χ3n) is 8.90. The smallest absolute Gasteiger partial charge is 0.410 e. The number of nitrogens with one attached hydrogen (secondary N) is 1. The first kappa shape index (κ1) is 31.0. The number of anilines is 1. The van der Waals surface area contributed by atoms with E-state index in [1.54, 1.807) is 4.90 Å². The largest absolute Gasteiger partial charge is 0.444 e. The fourth-order valence-corrected chi connectivity index (χ4v) is 6.31. The number of hydrogen-bond donors (Lipinski definition) is 2. The van der Waals surface area contributed by atoms with Gasteiger partial charge in [0.05, 0.1) is 6.10 Å². The van der Waals surface area contributed by atoms with E-state index in [0.717, 1.165) is 67.5 Å². The molecule has 2 aromatic heterocycles. The normalized spacial score (nSPS) is 19.5. The van der Waals surface area contributed by atoms with Gasteiger partial charge in [0.15, 0.2) is 0 Å². The zero-order valence-corrected chi connectivity index (χ0v) is 27.0. The van der Waals surface area contributed by atoms with Crippen molar-refractivity contribution >= 4 is 23.1 Å². The molecule has 9 heteroatoms. The molecule has 1 amide bonds. The Morgan fingerprint density at radius 3 is 2.29 bits per heavy atom. The summed E-state index contributed by atoms with van der Waals surface area (Å²) in [7, 11) is 0. The number of aliphatic hydroxyl groups excluding tert-OH is 1. The predicted molar refractivity (Wildman–Crippen MR) is 178 cm³/mol. The molecule has 1 aliphatic heterocycles. The van der Waals surface area contributed by atoms with Gasteiger partial charge in [-0.2, -0.15) is 4.98 Å². The van der Waals surface area contributed by atoms with E-state index in [4.69, 9.17) is 14.7 Å². The molecule has 4 aromatic rings. The minimum absolute atomic E-state index is 0.211. The third kappa shape index (κ3) is 7.65. The summed E-state index contributed by atoms with van der Waals surface area (Å²) < 4.78 is 7.86. The maximum absolute atomic E-state index is 12.4. The van der Waals surface area contributed by atoms with Gasteiger partial charge in [-0.15, -0.1) is 0 Å². The van der Waals surface area contributed by atoms with Gasteiger partial charge >= 0.3 is 6.09 Å². The molecule has 1 saturated carbocycles. The van der Waals surface area contributed by atoms with Crippen LogP contribution in [0, 0.1) is 6.92 Å². The SMILES string of the molecule is Cc1ccc(CNc2ncc3c(-c4ccc(CN5CCN(C(=O)OC(C)(C)C)CC5)cc4)cn(C4CCC(O)CC4)c3n2)cc1. The highest BCUT2D eigenvalue weighted by Gasteiger charge is 2.27. The van der Waals surface area contributed by atoms with Crippen molar-refractivity contribution in [2.75, 3.05) is 31.5 Å². The summed E-state index contributed by atoms with van der Waals surface area (Å²) in [6.07, 6.45) is 7.22. The molecule has 1 saturated heterocycles. The number of rotatable bonds is 7. The molecule has 0 radical (unpaired) electrons. The van der Waals surface area contributed by atoms with Crippen LogP contribution in [0.2, 0.25) is 0 Å². The summed E-state index contributed by atoms with van der Waals surface area (Å²) in [6.45, 7) is 12.3. The first-order chi connectivity index (χ1) is 21.6. The van der Waals surface area contributed by atoms with Crippen molar-refractivity contribution in [2.24, 2.45) is 0 Å². The van der Waals surface area contributed by atoms with Crippen molar-refractivity contribution in [3.63, 3.8) is 0 Å². The van der Waals surface area contributed by atoms with Crippen LogP contribution in [-0.2, 0) is 17.8 Å². The predicted octanol–water partition coefficient (Wildman–Crippen LogP) is 6.55. The summed E-state index contributed by atoms with van der Waals surface area (Å²) in [6, 6.07) is 17.6. The lowest BCUT2D eigenvalue weighted by atomic mass is 9.93. The van der Waals surface area contributed by atoms with E-state index >= 15 is 0 Å². The maximum atomic E-state index is 12.4. The van der Waals surface area contributed by atoms with Crippen molar-refractivity contribution in [1.29, 1.82) is 0 Å². The highest BCUT2D eigenvalue weighted by molar-refractivity contribution is 5.94. The summed E-state index contributed by atoms with van der Waals surface area (Å²) in [5.74, 6) is 0.618. The number of carbonyl (C=O) groups is 1. The minimum Gasteiger partial charge on any atom is -0.444 e. The average molecular weight is 611 g/mol. The van der Waals surface area contributed by atoms with Crippen LogP contribution in [0.25, 0.3) is 22.2 Å². The average Bonchev–Trinajstić information content (AvgIpc) is 3.40. The Morgan fingerprint density at radius 1 is 0.956 bits per heavy atom. The molecule has 2 N–H and O–H groups in total. The molecule has 6 rings (SSSR count). The second kappa shape index (κ2) is 13.2. The van der Waals surface area contributed by atoms with Crippen LogP contribution in [0.15, 0.2) is 60.9 Å². The molecule has 238 valence electrons. The Hall–Kier alpha value is -3.95. The second-order valence-electron chi connectivity index (χ2n) is 13.6. The number of amides is 1. The molecule has 0 spiro atoms. The Labute approximate surface area is 266 Å². The zero-order valence-electron chi connectivity index (χ0n) is 27.0. The van der Waals surface area contributed by atoms with Crippen molar-refractivity contribution < 1.29 is 14.6 Å². The van der Waals surface area contributed by atoms with E-state index in [0.29, 0.717) is 31.6 Å². The number of piperazine rings is 1. The molecule has 0 unspecified atom stereocenters. The molecule has 9 nitrogen and oxygen atoms in total. The number of benzene rings is 2. The first-order valence-corrected chi connectivity index (χ1v) is 16.3. The van der Waals surface area contributed by atoms with E-state index in [1.807, 2.05) is 27.0 Å². The Balaban J connectivity index is 1.17. The molecular formula is C36H46N6O3. The topological polar surface area (TPSA) is 95.8 Å². The number of ether oxygens (including phenoxy) is 1. The number of carbonyl (C=O) groups excluding carboxylic acids is 1. The van der Waals surface area contributed by atoms with Gasteiger partial charge in [-0.1, -0.05) is 54.1 Å². The van der Waals surface area contributed by atoms with E-state index in [1.165, 1.54) is 16.7 Å². The van der Waals surface area contributed by atoms with Gasteiger partial charge in [0.25, 0.3) is 0 Å². The van der Waals surface area contributed by atoms with Crippen molar-refractivity contribution in [1.82, 2.24) is 24.3 Å². The van der Waals surface area contributed by atoms with E-state index < -0.39 is 5.60 Å². The van der Waals surface area contributed by atoms with E-state index in [9.17, 15) is 9.90 Å². The van der Waals surface area contributed by atoms with Crippen LogP contribution >= 0.6 is 0 Å². The number of fused-ring (bicyclic) bond motifs is 1. The molecule has 1 aliphatic carbocycles. The highest BCUT2D eigenvalue weighted by Crippen LogP contribution is 2.37. The van der Waals surface area contributed by atoms with Crippen LogP contribution in [0.5, 0.6) is 0 Å². The van der Waals surface area contributed by atoms with Gasteiger partial charge in [0.1, 0.15) is 11.2 Å². The van der Waals surface area contributed by atoms with Gasteiger partial charge in [-0.3, -0.25) is 4.90 Å². The lowest BCUT2D eigenvalue weighted by molar-refractivity contribution is 0.0139. The second-order valence-corrected chi connectivity index (χ2v) is 13.6. The molecule has 0 bridgehead atoms. The number of aryl methyl sites for hydroxylation is 1. The van der Waals surface area contributed by atoms with Gasteiger partial charge in [-0.05, 0) is 70.1 Å². The quantitative estimate of drug-likeness (QED) is 0.245. The lowest BCUT2D eigenvalue weighted by Gasteiger charge is -2.35. The summed E-state index contributed by atoms with van der Waals surface area (Å²) in [5.41, 5.74) is 6.38. The van der Waals surface area contributed by atoms with Crippen molar-refractivity contribution in [3.05, 3.63) is 77.6 Å². The zero-order chi connectivity index (χ0) is 31.6. The molecular weight excluding hydrogens is 564 g/mol. The standard InChI is InChI=1S/C36H46N6O3/c1-25-5-7-26(8-6-25)21-37-34-38-22-31-32(24-42(33(31)39-34)29-13-15-30(43)16-14-29)28-11-9-27(10-12-28)23-40-17-19-41(20-18-40)35(44)45-36(2,3)4/h5-12,22,24,29-30,43H,13-21,23H2,1-4H3,(H,37,38,39). The fraction of sp³-hybridized carbons (Fsp3) is 0.472. The van der Waals surface area contributed by atoms with Crippen molar-refractivity contribution in [3.8, 4) is 11.1 Å². The van der Waals surface area contributed by atoms with E-state index in [2.05, 4.69) is 76.4 Å². The highest BCUT2D eigenvalue weighted by atomic mass is 16.6. The van der Waals surface area contributed by atoms with Crippen LogP contribution < -0.4 is 5.32 Å². The summed E-state index contributed by atoms with van der Waals surface area (Å²) >= 11 is 0. The van der Waals surface area contributed by atoms with Crippen LogP contribution in [0.3, 0.4) is 0 Å². The molecule has 45 heavy (non-hydrogen) atoms. The lowest BCUT2D eigenvalue weighted by Crippen LogP contribution is -2.49. The van der Waals surface area contributed by atoms with Gasteiger partial charge in [0.2, 0.25) is 5.95 Å². The monoisotopic (exact) mass is 610 g/mol. The number of hydrogen-bond acceptors (Lipinski definition) is 7. The maximum Gasteiger partial charge on any atom is 0.410 e. The molecule has 0 atom stereocenters. The fourth-order valence-electron chi connectivity index (χ4n) is 6.31. The number of aliphatic hydroxyl groups is 1. The third-order valence-corrected chi connectivity index (χ3v) is 8.90. The summed E-state index contributed by atoms with van der Waals surface area (Å²) in [5, 5.41) is 14.6. The van der Waals surface area contributed by atoms with E-state index in [-0.39, 0.29) is 12.2 Å². The number of nitrogens with zero attached hydrogens (tertiary/aromatic N) is 5. The Morgan fingerprint density at radius 2 is 1.62 bits per heavy atom. The van der Waals surface area contributed by atoms with Crippen molar-refractivity contribution in [2.45, 2.75) is 84.2 Å². The number of aromatic nitrogens is 3. The first-order valence-electron chi connectivity index (χ1n) is 16.3. The molecule has 2 fully saturated rings. The Bertz CT molecular complexity index is 1590. The Kier molecular flexibility index (Phi) is 9.10. The van der Waals surface area contributed by atoms with Crippen LogP contribution in [0.1, 0.15) is 69.2 Å². The minimum atomic E-state index is -0.478. The van der Waals surface area contributed by atoms with Gasteiger partial charge in [0, 0.05) is 68.7 Å². The van der Waals surface area contributed by atoms with Gasteiger partial charge < -0.3 is 24.6 Å². The molecule has 2 aliphatic rings. The van der Waals surface area contributed by atoms with Crippen LogP contribution in [-0.4, -0.2) is 73.4 Å².